The maximum Gasteiger partial charge on any atom is 0.291 e. The Balaban J connectivity index is 1.34. The lowest BCUT2D eigenvalue weighted by Gasteiger charge is -2.19. The number of amides is 2. The fourth-order valence-corrected chi connectivity index (χ4v) is 4.10. The van der Waals surface area contributed by atoms with E-state index in [-0.39, 0.29) is 17.8 Å². The minimum absolute atomic E-state index is 0.0860. The van der Waals surface area contributed by atoms with Gasteiger partial charge in [0.15, 0.2) is 0 Å². The Morgan fingerprint density at radius 1 is 1.17 bits per heavy atom. The molecule has 0 fully saturated rings. The van der Waals surface area contributed by atoms with Gasteiger partial charge in [0.05, 0.1) is 12.2 Å². The van der Waals surface area contributed by atoms with E-state index in [0.717, 1.165) is 30.0 Å². The van der Waals surface area contributed by atoms with Gasteiger partial charge >= 0.3 is 0 Å². The summed E-state index contributed by atoms with van der Waals surface area (Å²) >= 11 is 0. The second-order valence-electron chi connectivity index (χ2n) is 7.39. The molecule has 0 saturated carbocycles. The molecule has 4 heterocycles. The molecule has 0 bridgehead atoms. The number of rotatable bonds is 3. The molecular weight excluding hydrogens is 370 g/mol. The van der Waals surface area contributed by atoms with Crippen molar-refractivity contribution >= 4 is 17.6 Å². The van der Waals surface area contributed by atoms with Crippen molar-refractivity contribution in [2.24, 2.45) is 0 Å². The summed E-state index contributed by atoms with van der Waals surface area (Å²) in [5, 5.41) is 11.5. The van der Waals surface area contributed by atoms with Gasteiger partial charge in [-0.25, -0.2) is 14.3 Å². The number of likely N-dealkylation sites (N-methyl/N-ethyl adjacent to an activating group) is 1. The number of anilines is 1. The molecule has 0 spiro atoms. The third-order valence-corrected chi connectivity index (χ3v) is 5.63. The maximum absolute atomic E-state index is 12.8. The van der Waals surface area contributed by atoms with E-state index in [2.05, 4.69) is 32.6 Å². The van der Waals surface area contributed by atoms with Gasteiger partial charge in [-0.2, -0.15) is 5.10 Å². The van der Waals surface area contributed by atoms with E-state index in [1.165, 1.54) is 4.90 Å². The zero-order valence-electron chi connectivity index (χ0n) is 16.0. The Labute approximate surface area is 167 Å². The van der Waals surface area contributed by atoms with E-state index >= 15 is 0 Å². The van der Waals surface area contributed by atoms with Crippen molar-refractivity contribution < 1.29 is 9.59 Å². The molecule has 1 aromatic carbocycles. The lowest BCUT2D eigenvalue weighted by molar-refractivity contribution is -0.120. The van der Waals surface area contributed by atoms with Crippen molar-refractivity contribution in [3.63, 3.8) is 0 Å². The number of fused-ring (bicyclic) bond motifs is 2. The van der Waals surface area contributed by atoms with Gasteiger partial charge in [-0.1, -0.05) is 30.3 Å². The van der Waals surface area contributed by atoms with Crippen LogP contribution in [0.2, 0.25) is 0 Å². The monoisotopic (exact) mass is 391 g/mol. The highest BCUT2D eigenvalue weighted by Crippen LogP contribution is 2.30. The molecule has 2 aliphatic heterocycles. The number of carbonyl (C=O) groups is 2. The average Bonchev–Trinajstić information content (AvgIpc) is 3.44. The SMILES string of the molecule is CN1C(=O)[C@@H](NC(=O)c2nc3n(n2)[C@@H](c2ccccc2)CC3)CCn2nccc21. The highest BCUT2D eigenvalue weighted by molar-refractivity contribution is 6.00. The number of carbonyl (C=O) groups excluding carboxylic acids is 2. The number of aromatic nitrogens is 5. The van der Waals surface area contributed by atoms with E-state index < -0.39 is 11.9 Å². The Bertz CT molecular complexity index is 1070. The lowest BCUT2D eigenvalue weighted by atomic mass is 10.1. The number of nitrogens with one attached hydrogen (secondary N) is 1. The van der Waals surface area contributed by atoms with Gasteiger partial charge in [-0.3, -0.25) is 14.5 Å². The zero-order valence-corrected chi connectivity index (χ0v) is 16.0. The fourth-order valence-electron chi connectivity index (χ4n) is 4.10. The Morgan fingerprint density at radius 3 is 2.83 bits per heavy atom. The molecule has 3 aromatic rings. The molecule has 0 aliphatic carbocycles. The number of aryl methyl sites for hydroxylation is 2. The molecule has 0 radical (unpaired) electrons. The van der Waals surface area contributed by atoms with E-state index in [1.54, 1.807) is 24.0 Å². The molecule has 2 atom stereocenters. The summed E-state index contributed by atoms with van der Waals surface area (Å²) in [5.41, 5.74) is 1.15. The quantitative estimate of drug-likeness (QED) is 0.723. The van der Waals surface area contributed by atoms with Crippen molar-refractivity contribution in [1.29, 1.82) is 0 Å². The van der Waals surface area contributed by atoms with Crippen molar-refractivity contribution in [2.75, 3.05) is 11.9 Å². The number of nitrogens with zero attached hydrogens (tertiary/aromatic N) is 6. The molecule has 5 rings (SSSR count). The van der Waals surface area contributed by atoms with E-state index in [1.807, 2.05) is 22.9 Å². The number of hydrogen-bond donors (Lipinski definition) is 1. The molecule has 148 valence electrons. The Hall–Kier alpha value is -3.49. The summed E-state index contributed by atoms with van der Waals surface area (Å²) in [5.74, 6) is 1.03. The van der Waals surface area contributed by atoms with Crippen LogP contribution in [0.5, 0.6) is 0 Å². The summed E-state index contributed by atoms with van der Waals surface area (Å²) in [4.78, 5) is 31.5. The average molecular weight is 391 g/mol. The van der Waals surface area contributed by atoms with Crippen molar-refractivity contribution in [2.45, 2.75) is 37.9 Å². The van der Waals surface area contributed by atoms with Crippen LogP contribution in [0.25, 0.3) is 0 Å². The van der Waals surface area contributed by atoms with Crippen LogP contribution in [0.4, 0.5) is 5.82 Å². The minimum atomic E-state index is -0.641. The van der Waals surface area contributed by atoms with Crippen LogP contribution in [0.3, 0.4) is 0 Å². The lowest BCUT2D eigenvalue weighted by Crippen LogP contribution is -2.47. The molecular formula is C20H21N7O2. The van der Waals surface area contributed by atoms with Gasteiger partial charge in [0.2, 0.25) is 5.82 Å². The van der Waals surface area contributed by atoms with Crippen molar-refractivity contribution in [3.05, 3.63) is 59.8 Å². The van der Waals surface area contributed by atoms with Crippen LogP contribution in [0.1, 0.15) is 40.9 Å². The molecule has 9 heteroatoms. The molecule has 1 N–H and O–H groups in total. The van der Waals surface area contributed by atoms with Crippen LogP contribution < -0.4 is 10.2 Å². The van der Waals surface area contributed by atoms with Crippen LogP contribution >= 0.6 is 0 Å². The predicted molar refractivity (Wildman–Crippen MR) is 104 cm³/mol. The van der Waals surface area contributed by atoms with Crippen LogP contribution in [-0.2, 0) is 17.8 Å². The standard InChI is InChI=1S/C20H21N7O2/c1-25-17-9-11-21-26(17)12-10-14(20(25)29)22-19(28)18-23-16-8-7-15(27(16)24-18)13-5-3-2-4-6-13/h2-6,9,11,14-15H,7-8,10,12H2,1H3,(H,22,28)/t14-,15+/m0/s1. The molecule has 0 unspecified atom stereocenters. The third kappa shape index (κ3) is 2.98. The van der Waals surface area contributed by atoms with Crippen LogP contribution in [-0.4, -0.2) is 49.4 Å². The highest BCUT2D eigenvalue weighted by atomic mass is 16.2. The van der Waals surface area contributed by atoms with E-state index in [9.17, 15) is 9.59 Å². The van der Waals surface area contributed by atoms with Gasteiger partial charge < -0.3 is 5.32 Å². The number of benzene rings is 1. The smallest absolute Gasteiger partial charge is 0.291 e. The molecule has 2 aromatic heterocycles. The van der Waals surface area contributed by atoms with Gasteiger partial charge in [-0.05, 0) is 18.4 Å². The molecule has 29 heavy (non-hydrogen) atoms. The van der Waals surface area contributed by atoms with E-state index in [4.69, 9.17) is 0 Å². The van der Waals surface area contributed by atoms with Gasteiger partial charge in [0.1, 0.15) is 17.7 Å². The van der Waals surface area contributed by atoms with Gasteiger partial charge in [0.25, 0.3) is 11.8 Å². The predicted octanol–water partition coefficient (Wildman–Crippen LogP) is 1.18. The largest absolute Gasteiger partial charge is 0.337 e. The maximum atomic E-state index is 12.8. The van der Waals surface area contributed by atoms with Crippen LogP contribution in [0, 0.1) is 0 Å². The second-order valence-corrected chi connectivity index (χ2v) is 7.39. The first-order valence-corrected chi connectivity index (χ1v) is 9.72. The topological polar surface area (TPSA) is 97.9 Å². The summed E-state index contributed by atoms with van der Waals surface area (Å²) in [7, 11) is 1.69. The summed E-state index contributed by atoms with van der Waals surface area (Å²) < 4.78 is 3.60. The Morgan fingerprint density at radius 2 is 2.00 bits per heavy atom. The normalized spacial score (nSPS) is 20.9. The van der Waals surface area contributed by atoms with E-state index in [0.29, 0.717) is 13.0 Å². The zero-order chi connectivity index (χ0) is 20.0. The molecule has 2 amide bonds. The van der Waals surface area contributed by atoms with Crippen molar-refractivity contribution in [3.8, 4) is 0 Å². The number of hydrogen-bond acceptors (Lipinski definition) is 5. The molecule has 2 aliphatic rings. The first-order chi connectivity index (χ1) is 14.1. The highest BCUT2D eigenvalue weighted by Gasteiger charge is 2.33. The second kappa shape index (κ2) is 6.84. The summed E-state index contributed by atoms with van der Waals surface area (Å²) in [6, 6.07) is 11.3. The molecule has 0 saturated heterocycles. The fraction of sp³-hybridized carbons (Fsp3) is 0.350. The first kappa shape index (κ1) is 17.6. The third-order valence-electron chi connectivity index (χ3n) is 5.63. The minimum Gasteiger partial charge on any atom is -0.337 e. The molecule has 9 nitrogen and oxygen atoms in total. The summed E-state index contributed by atoms with van der Waals surface area (Å²) in [6.45, 7) is 0.548. The first-order valence-electron chi connectivity index (χ1n) is 9.72. The van der Waals surface area contributed by atoms with Crippen LogP contribution in [0.15, 0.2) is 42.6 Å². The van der Waals surface area contributed by atoms with Gasteiger partial charge in [0, 0.05) is 26.1 Å². The van der Waals surface area contributed by atoms with Crippen molar-refractivity contribution in [1.82, 2.24) is 29.9 Å². The summed E-state index contributed by atoms with van der Waals surface area (Å²) in [6.07, 6.45) is 3.81. The Kier molecular flexibility index (Phi) is 4.15. The van der Waals surface area contributed by atoms with Gasteiger partial charge in [-0.15, -0.1) is 5.10 Å².